The van der Waals surface area contributed by atoms with E-state index in [-0.39, 0.29) is 5.91 Å². The van der Waals surface area contributed by atoms with Crippen molar-refractivity contribution in [1.82, 2.24) is 15.1 Å². The molecular weight excluding hydrogens is 372 g/mol. The van der Waals surface area contributed by atoms with Crippen LogP contribution in [0.1, 0.15) is 16.1 Å². The maximum absolute atomic E-state index is 12.4. The van der Waals surface area contributed by atoms with Crippen molar-refractivity contribution in [2.24, 2.45) is 4.99 Å². The molecular formula is C21H26N4O4. The summed E-state index contributed by atoms with van der Waals surface area (Å²) in [5.74, 6) is 2.81. The van der Waals surface area contributed by atoms with Gasteiger partial charge in [-0.05, 0) is 36.2 Å². The van der Waals surface area contributed by atoms with Crippen molar-refractivity contribution in [2.75, 3.05) is 53.0 Å². The lowest BCUT2D eigenvalue weighted by molar-refractivity contribution is 0.0658. The zero-order valence-corrected chi connectivity index (χ0v) is 16.6. The smallest absolute Gasteiger partial charge is 0.289 e. The lowest BCUT2D eigenvalue weighted by Gasteiger charge is -2.36. The van der Waals surface area contributed by atoms with E-state index in [1.165, 1.54) is 11.8 Å². The zero-order chi connectivity index (χ0) is 20.1. The highest BCUT2D eigenvalue weighted by Gasteiger charge is 2.25. The summed E-state index contributed by atoms with van der Waals surface area (Å²) in [7, 11) is 1.78. The monoisotopic (exact) mass is 398 g/mol. The highest BCUT2D eigenvalue weighted by molar-refractivity contribution is 5.91. The van der Waals surface area contributed by atoms with Gasteiger partial charge < -0.3 is 29.0 Å². The molecule has 154 valence electrons. The van der Waals surface area contributed by atoms with Gasteiger partial charge in [0.25, 0.3) is 5.91 Å². The molecule has 1 aromatic heterocycles. The third-order valence-corrected chi connectivity index (χ3v) is 5.11. The van der Waals surface area contributed by atoms with Crippen LogP contribution < -0.4 is 14.8 Å². The van der Waals surface area contributed by atoms with Crippen LogP contribution in [0.25, 0.3) is 0 Å². The van der Waals surface area contributed by atoms with E-state index in [9.17, 15) is 4.79 Å². The molecule has 1 saturated heterocycles. The molecule has 0 unspecified atom stereocenters. The molecule has 2 aromatic rings. The predicted molar refractivity (Wildman–Crippen MR) is 109 cm³/mol. The van der Waals surface area contributed by atoms with Crippen molar-refractivity contribution in [1.29, 1.82) is 0 Å². The maximum Gasteiger partial charge on any atom is 0.289 e. The average molecular weight is 398 g/mol. The first-order valence-electron chi connectivity index (χ1n) is 9.91. The predicted octanol–water partition coefficient (Wildman–Crippen LogP) is 1.63. The van der Waals surface area contributed by atoms with E-state index in [0.717, 1.165) is 43.5 Å². The molecule has 8 nitrogen and oxygen atoms in total. The Morgan fingerprint density at radius 2 is 1.83 bits per heavy atom. The van der Waals surface area contributed by atoms with Gasteiger partial charge in [0.1, 0.15) is 13.2 Å². The number of furan rings is 1. The topological polar surface area (TPSA) is 79.5 Å². The molecule has 0 bridgehead atoms. The summed E-state index contributed by atoms with van der Waals surface area (Å²) in [6, 6.07) is 9.51. The molecule has 1 aromatic carbocycles. The number of benzene rings is 1. The second kappa shape index (κ2) is 8.89. The minimum atomic E-state index is -0.0591. The molecule has 2 aliphatic rings. The molecule has 0 saturated carbocycles. The molecule has 0 spiro atoms. The lowest BCUT2D eigenvalue weighted by atomic mass is 10.1. The number of nitrogens with one attached hydrogen (secondary N) is 1. The van der Waals surface area contributed by atoms with Gasteiger partial charge in [-0.1, -0.05) is 6.07 Å². The van der Waals surface area contributed by atoms with Crippen LogP contribution in [0.4, 0.5) is 0 Å². The molecule has 0 aliphatic carbocycles. The van der Waals surface area contributed by atoms with E-state index in [0.29, 0.717) is 32.1 Å². The minimum absolute atomic E-state index is 0.0591. The third-order valence-electron chi connectivity index (χ3n) is 5.11. The van der Waals surface area contributed by atoms with Crippen molar-refractivity contribution in [2.45, 2.75) is 6.42 Å². The Kier molecular flexibility index (Phi) is 5.88. The maximum atomic E-state index is 12.4. The summed E-state index contributed by atoms with van der Waals surface area (Å²) in [6.07, 6.45) is 2.38. The van der Waals surface area contributed by atoms with Gasteiger partial charge in [0.15, 0.2) is 23.2 Å². The van der Waals surface area contributed by atoms with Crippen LogP contribution >= 0.6 is 0 Å². The fourth-order valence-corrected chi connectivity index (χ4v) is 3.57. The number of carbonyl (C=O) groups is 1. The number of aliphatic imine (C=N–C) groups is 1. The van der Waals surface area contributed by atoms with Crippen LogP contribution in [0, 0.1) is 0 Å². The normalized spacial score (nSPS) is 16.7. The Hall–Kier alpha value is -3.16. The number of ether oxygens (including phenoxy) is 2. The van der Waals surface area contributed by atoms with Crippen molar-refractivity contribution in [3.8, 4) is 11.5 Å². The van der Waals surface area contributed by atoms with E-state index < -0.39 is 0 Å². The number of carbonyl (C=O) groups excluding carboxylic acids is 1. The van der Waals surface area contributed by atoms with Gasteiger partial charge in [-0.2, -0.15) is 0 Å². The Balaban J connectivity index is 1.25. The molecule has 8 heteroatoms. The first-order valence-corrected chi connectivity index (χ1v) is 9.91. The minimum Gasteiger partial charge on any atom is -0.486 e. The van der Waals surface area contributed by atoms with Crippen LogP contribution in [0.3, 0.4) is 0 Å². The summed E-state index contributed by atoms with van der Waals surface area (Å²) in [5, 5.41) is 3.42. The molecule has 1 amide bonds. The Morgan fingerprint density at radius 3 is 2.55 bits per heavy atom. The van der Waals surface area contributed by atoms with Crippen LogP contribution in [0.2, 0.25) is 0 Å². The number of fused-ring (bicyclic) bond motifs is 1. The fraction of sp³-hybridized carbons (Fsp3) is 0.429. The molecule has 0 atom stereocenters. The van der Waals surface area contributed by atoms with E-state index in [2.05, 4.69) is 21.3 Å². The standard InChI is InChI=1S/C21H26N4O4/c1-22-21(23-7-6-16-4-5-17-19(15-16)29-14-13-28-17)25-10-8-24(9-11-25)20(26)18-3-2-12-27-18/h2-5,12,15H,6-11,13-14H2,1H3,(H,22,23). The molecule has 3 heterocycles. The molecule has 0 radical (unpaired) electrons. The fourth-order valence-electron chi connectivity index (χ4n) is 3.57. The first kappa shape index (κ1) is 19.2. The van der Waals surface area contributed by atoms with E-state index >= 15 is 0 Å². The van der Waals surface area contributed by atoms with Crippen molar-refractivity contribution in [3.05, 3.63) is 47.9 Å². The van der Waals surface area contributed by atoms with Gasteiger partial charge in [0, 0.05) is 39.8 Å². The van der Waals surface area contributed by atoms with Crippen LogP contribution in [0.5, 0.6) is 11.5 Å². The van der Waals surface area contributed by atoms with Crippen molar-refractivity contribution in [3.63, 3.8) is 0 Å². The van der Waals surface area contributed by atoms with E-state index in [1.54, 1.807) is 19.2 Å². The summed E-state index contributed by atoms with van der Waals surface area (Å²) in [5.41, 5.74) is 1.19. The van der Waals surface area contributed by atoms with Crippen LogP contribution in [0.15, 0.2) is 46.0 Å². The van der Waals surface area contributed by atoms with Gasteiger partial charge in [-0.25, -0.2) is 0 Å². The summed E-state index contributed by atoms with van der Waals surface area (Å²) in [6.45, 7) is 4.70. The number of guanidine groups is 1. The van der Waals surface area contributed by atoms with Gasteiger partial charge in [0.05, 0.1) is 6.26 Å². The second-order valence-corrected chi connectivity index (χ2v) is 6.96. The van der Waals surface area contributed by atoms with Gasteiger partial charge in [-0.3, -0.25) is 9.79 Å². The van der Waals surface area contributed by atoms with Gasteiger partial charge >= 0.3 is 0 Å². The van der Waals surface area contributed by atoms with E-state index in [4.69, 9.17) is 13.9 Å². The highest BCUT2D eigenvalue weighted by atomic mass is 16.6. The SMILES string of the molecule is CN=C(NCCc1ccc2c(c1)OCCO2)N1CCN(C(=O)c2ccco2)CC1. The quantitative estimate of drug-likeness (QED) is 0.623. The third kappa shape index (κ3) is 4.47. The number of hydrogen-bond acceptors (Lipinski definition) is 5. The van der Waals surface area contributed by atoms with Crippen LogP contribution in [-0.4, -0.2) is 74.7 Å². The number of nitrogens with zero attached hydrogens (tertiary/aromatic N) is 3. The number of amides is 1. The zero-order valence-electron chi connectivity index (χ0n) is 16.6. The molecule has 2 aliphatic heterocycles. The summed E-state index contributed by atoms with van der Waals surface area (Å²) >= 11 is 0. The first-order chi connectivity index (χ1) is 14.2. The van der Waals surface area contributed by atoms with Crippen LogP contribution in [-0.2, 0) is 6.42 Å². The molecule has 4 rings (SSSR count). The van der Waals surface area contributed by atoms with Gasteiger partial charge in [0.2, 0.25) is 0 Å². The van der Waals surface area contributed by atoms with Crippen molar-refractivity contribution < 1.29 is 18.7 Å². The highest BCUT2D eigenvalue weighted by Crippen LogP contribution is 2.30. The average Bonchev–Trinajstić information content (AvgIpc) is 3.31. The van der Waals surface area contributed by atoms with E-state index in [1.807, 2.05) is 17.0 Å². The number of hydrogen-bond donors (Lipinski definition) is 1. The Labute approximate surface area is 170 Å². The van der Waals surface area contributed by atoms with Gasteiger partial charge in [-0.15, -0.1) is 0 Å². The summed E-state index contributed by atoms with van der Waals surface area (Å²) in [4.78, 5) is 20.8. The number of piperazine rings is 1. The summed E-state index contributed by atoms with van der Waals surface area (Å²) < 4.78 is 16.4. The van der Waals surface area contributed by atoms with Crippen molar-refractivity contribution >= 4 is 11.9 Å². The largest absolute Gasteiger partial charge is 0.486 e. The Bertz CT molecular complexity index is 858. The molecule has 1 N–H and O–H groups in total. The Morgan fingerprint density at radius 1 is 1.07 bits per heavy atom. The second-order valence-electron chi connectivity index (χ2n) is 6.96. The molecule has 29 heavy (non-hydrogen) atoms. The lowest BCUT2D eigenvalue weighted by Crippen LogP contribution is -2.54. The number of rotatable bonds is 4. The molecule has 1 fully saturated rings.